The highest BCUT2D eigenvalue weighted by Gasteiger charge is 2.03. The van der Waals surface area contributed by atoms with Gasteiger partial charge in [0, 0.05) is 16.8 Å². The second kappa shape index (κ2) is 6.45. The molecule has 0 aliphatic rings. The van der Waals surface area contributed by atoms with Gasteiger partial charge in [0.05, 0.1) is 5.02 Å². The molecule has 0 saturated heterocycles. The van der Waals surface area contributed by atoms with E-state index in [2.05, 4.69) is 15.6 Å². The van der Waals surface area contributed by atoms with Crippen molar-refractivity contribution in [1.29, 1.82) is 0 Å². The number of nitrogens with zero attached hydrogens (tertiary/aromatic N) is 1. The van der Waals surface area contributed by atoms with Gasteiger partial charge < -0.3 is 5.32 Å². The molecule has 0 saturated carbocycles. The number of amides is 2. The maximum Gasteiger partial charge on any atom is 0.324 e. The number of hydrogen-bond donors (Lipinski definition) is 2. The minimum Gasteiger partial charge on any atom is -0.308 e. The lowest BCUT2D eigenvalue weighted by Crippen LogP contribution is -2.19. The van der Waals surface area contributed by atoms with Crippen LogP contribution in [0.5, 0.6) is 0 Å². The summed E-state index contributed by atoms with van der Waals surface area (Å²) in [6.07, 6.45) is 3.48. The number of anilines is 2. The molecular formula is C13H12ClN3OS. The zero-order valence-electron chi connectivity index (χ0n) is 10.2. The van der Waals surface area contributed by atoms with E-state index in [-0.39, 0.29) is 6.03 Å². The Kier molecular flexibility index (Phi) is 4.65. The highest BCUT2D eigenvalue weighted by atomic mass is 35.5. The first-order valence-corrected chi connectivity index (χ1v) is 7.11. The quantitative estimate of drug-likeness (QED) is 0.838. The van der Waals surface area contributed by atoms with E-state index in [0.29, 0.717) is 10.8 Å². The van der Waals surface area contributed by atoms with Gasteiger partial charge in [-0.05, 0) is 42.7 Å². The average molecular weight is 294 g/mol. The number of rotatable bonds is 3. The third-order valence-corrected chi connectivity index (χ3v) is 3.28. The Labute approximate surface area is 120 Å². The number of aromatic nitrogens is 1. The summed E-state index contributed by atoms with van der Waals surface area (Å²) >= 11 is 7.36. The lowest BCUT2D eigenvalue weighted by atomic mass is 10.3. The minimum absolute atomic E-state index is 0.341. The van der Waals surface area contributed by atoms with Crippen LogP contribution in [0.25, 0.3) is 0 Å². The molecule has 2 N–H and O–H groups in total. The Bertz CT molecular complexity index is 557. The second-order valence-corrected chi connectivity index (χ2v) is 4.99. The lowest BCUT2D eigenvalue weighted by molar-refractivity contribution is 0.262. The third kappa shape index (κ3) is 4.15. The van der Waals surface area contributed by atoms with E-state index >= 15 is 0 Å². The Morgan fingerprint density at radius 3 is 2.47 bits per heavy atom. The fourth-order valence-corrected chi connectivity index (χ4v) is 1.92. The number of hydrogen-bond acceptors (Lipinski definition) is 3. The van der Waals surface area contributed by atoms with Gasteiger partial charge in [0.1, 0.15) is 5.82 Å². The summed E-state index contributed by atoms with van der Waals surface area (Å²) in [5.41, 5.74) is 0.726. The number of nitrogens with one attached hydrogen (secondary N) is 2. The molecule has 1 aromatic heterocycles. The van der Waals surface area contributed by atoms with E-state index < -0.39 is 0 Å². The maximum atomic E-state index is 11.7. The van der Waals surface area contributed by atoms with E-state index in [1.165, 1.54) is 6.20 Å². The van der Waals surface area contributed by atoms with Crippen molar-refractivity contribution in [2.45, 2.75) is 4.90 Å². The fourth-order valence-electron chi connectivity index (χ4n) is 1.40. The standard InChI is InChI=1S/C13H12ClN3OS/c1-19-11-5-3-10(4-6-11)16-13(18)17-12-7-2-9(14)8-15-12/h2-8H,1H3,(H2,15,16,17,18). The van der Waals surface area contributed by atoms with Gasteiger partial charge in [0.2, 0.25) is 0 Å². The molecule has 2 rings (SSSR count). The van der Waals surface area contributed by atoms with Crippen LogP contribution in [0.3, 0.4) is 0 Å². The van der Waals surface area contributed by atoms with Gasteiger partial charge in [-0.2, -0.15) is 0 Å². The third-order valence-electron chi connectivity index (χ3n) is 2.32. The van der Waals surface area contributed by atoms with Gasteiger partial charge >= 0.3 is 6.03 Å². The van der Waals surface area contributed by atoms with E-state index in [1.54, 1.807) is 23.9 Å². The zero-order valence-corrected chi connectivity index (χ0v) is 11.8. The molecule has 98 valence electrons. The molecule has 1 heterocycles. The van der Waals surface area contributed by atoms with E-state index in [4.69, 9.17) is 11.6 Å². The Morgan fingerprint density at radius 2 is 1.89 bits per heavy atom. The smallest absolute Gasteiger partial charge is 0.308 e. The summed E-state index contributed by atoms with van der Waals surface area (Å²) in [6.45, 7) is 0. The molecule has 4 nitrogen and oxygen atoms in total. The average Bonchev–Trinajstić information content (AvgIpc) is 2.42. The van der Waals surface area contributed by atoms with E-state index in [9.17, 15) is 4.79 Å². The summed E-state index contributed by atoms with van der Waals surface area (Å²) in [6, 6.07) is 10.5. The Morgan fingerprint density at radius 1 is 1.16 bits per heavy atom. The van der Waals surface area contributed by atoms with Gasteiger partial charge in [-0.1, -0.05) is 11.6 Å². The zero-order chi connectivity index (χ0) is 13.7. The van der Waals surface area contributed by atoms with Crippen molar-refractivity contribution >= 4 is 40.9 Å². The molecule has 2 amide bonds. The lowest BCUT2D eigenvalue weighted by Gasteiger charge is -2.07. The number of thioether (sulfide) groups is 1. The number of urea groups is 1. The van der Waals surface area contributed by atoms with Gasteiger partial charge in [-0.15, -0.1) is 11.8 Å². The van der Waals surface area contributed by atoms with Crippen LogP contribution < -0.4 is 10.6 Å². The molecule has 19 heavy (non-hydrogen) atoms. The van der Waals surface area contributed by atoms with Crippen molar-refractivity contribution in [2.75, 3.05) is 16.9 Å². The number of halogens is 1. The predicted octanol–water partition coefficient (Wildman–Crippen LogP) is 4.10. The molecule has 1 aromatic carbocycles. The number of carbonyl (C=O) groups is 1. The highest BCUT2D eigenvalue weighted by molar-refractivity contribution is 7.98. The SMILES string of the molecule is CSc1ccc(NC(=O)Nc2ccc(Cl)cn2)cc1. The molecule has 0 aliphatic heterocycles. The molecule has 0 unspecified atom stereocenters. The number of carbonyl (C=O) groups excluding carboxylic acids is 1. The molecule has 0 fully saturated rings. The molecule has 0 bridgehead atoms. The topological polar surface area (TPSA) is 54.0 Å². The molecule has 0 atom stereocenters. The van der Waals surface area contributed by atoms with Crippen LogP contribution in [0.2, 0.25) is 5.02 Å². The molecule has 0 radical (unpaired) electrons. The van der Waals surface area contributed by atoms with Crippen molar-refractivity contribution in [3.05, 3.63) is 47.6 Å². The minimum atomic E-state index is -0.341. The van der Waals surface area contributed by atoms with Crippen molar-refractivity contribution in [1.82, 2.24) is 4.98 Å². The van der Waals surface area contributed by atoms with Crippen molar-refractivity contribution in [3.63, 3.8) is 0 Å². The van der Waals surface area contributed by atoms with Crippen LogP contribution in [0.15, 0.2) is 47.5 Å². The summed E-state index contributed by atoms with van der Waals surface area (Å²) in [4.78, 5) is 16.8. The predicted molar refractivity (Wildman–Crippen MR) is 80.1 cm³/mol. The summed E-state index contributed by atoms with van der Waals surface area (Å²) in [5.74, 6) is 0.447. The van der Waals surface area contributed by atoms with Crippen LogP contribution in [0.1, 0.15) is 0 Å². The fraction of sp³-hybridized carbons (Fsp3) is 0.0769. The molecule has 0 spiro atoms. The molecule has 6 heteroatoms. The van der Waals surface area contributed by atoms with Gasteiger partial charge in [0.25, 0.3) is 0 Å². The Balaban J connectivity index is 1.95. The van der Waals surface area contributed by atoms with Gasteiger partial charge in [-0.3, -0.25) is 5.32 Å². The first-order chi connectivity index (χ1) is 9.17. The Hall–Kier alpha value is -1.72. The second-order valence-electron chi connectivity index (χ2n) is 3.67. The summed E-state index contributed by atoms with van der Waals surface area (Å²) in [7, 11) is 0. The maximum absolute atomic E-state index is 11.7. The van der Waals surface area contributed by atoms with Gasteiger partial charge in [0.15, 0.2) is 0 Å². The summed E-state index contributed by atoms with van der Waals surface area (Å²) in [5, 5.41) is 5.87. The van der Waals surface area contributed by atoms with Crippen molar-refractivity contribution < 1.29 is 4.79 Å². The molecule has 2 aromatic rings. The number of pyridine rings is 1. The highest BCUT2D eigenvalue weighted by Crippen LogP contribution is 2.17. The number of benzene rings is 1. The first kappa shape index (κ1) is 13.7. The van der Waals surface area contributed by atoms with Crippen LogP contribution in [-0.4, -0.2) is 17.3 Å². The largest absolute Gasteiger partial charge is 0.324 e. The van der Waals surface area contributed by atoms with E-state index in [0.717, 1.165) is 10.6 Å². The van der Waals surface area contributed by atoms with Crippen LogP contribution >= 0.6 is 23.4 Å². The van der Waals surface area contributed by atoms with Crippen molar-refractivity contribution in [2.24, 2.45) is 0 Å². The van der Waals surface area contributed by atoms with Crippen LogP contribution in [0.4, 0.5) is 16.3 Å². The van der Waals surface area contributed by atoms with E-state index in [1.807, 2.05) is 30.5 Å². The van der Waals surface area contributed by atoms with Crippen LogP contribution in [0, 0.1) is 0 Å². The monoisotopic (exact) mass is 293 g/mol. The van der Waals surface area contributed by atoms with Crippen LogP contribution in [-0.2, 0) is 0 Å². The summed E-state index contributed by atoms with van der Waals surface area (Å²) < 4.78 is 0. The molecular weight excluding hydrogens is 282 g/mol. The molecule has 0 aliphatic carbocycles. The first-order valence-electron chi connectivity index (χ1n) is 5.51. The normalized spacial score (nSPS) is 10.0. The van der Waals surface area contributed by atoms with Gasteiger partial charge in [-0.25, -0.2) is 9.78 Å². The van der Waals surface area contributed by atoms with Crippen molar-refractivity contribution in [3.8, 4) is 0 Å².